The Balaban J connectivity index is 1.61. The van der Waals surface area contributed by atoms with Crippen LogP contribution in [0.15, 0.2) is 24.3 Å². The molecule has 3 rings (SSSR count). The van der Waals surface area contributed by atoms with Gasteiger partial charge in [-0.3, -0.25) is 14.4 Å². The average Bonchev–Trinajstić information content (AvgIpc) is 3.00. The summed E-state index contributed by atoms with van der Waals surface area (Å²) in [6.45, 7) is 0.911. The molecule has 2 heterocycles. The van der Waals surface area contributed by atoms with Gasteiger partial charge in [-0.15, -0.1) is 0 Å². The first-order valence-corrected chi connectivity index (χ1v) is 9.05. The normalized spacial score (nSPS) is 24.0. The summed E-state index contributed by atoms with van der Waals surface area (Å²) in [7, 11) is 0. The van der Waals surface area contributed by atoms with E-state index in [1.807, 2.05) is 0 Å². The first-order valence-electron chi connectivity index (χ1n) is 8.06. The summed E-state index contributed by atoms with van der Waals surface area (Å²) < 4.78 is 13.0. The number of amides is 2. The molecule has 0 unspecified atom stereocenters. The van der Waals surface area contributed by atoms with Gasteiger partial charge in [0.05, 0.1) is 12.0 Å². The topological polar surface area (TPSA) is 66.5 Å². The maximum atomic E-state index is 13.0. The van der Waals surface area contributed by atoms with Crippen LogP contribution < -0.4 is 5.32 Å². The molecule has 0 spiro atoms. The van der Waals surface area contributed by atoms with Gasteiger partial charge in [0, 0.05) is 24.4 Å². The number of thioether (sulfide) groups is 1. The van der Waals surface area contributed by atoms with Crippen molar-refractivity contribution in [3.05, 3.63) is 35.6 Å². The first kappa shape index (κ1) is 17.0. The van der Waals surface area contributed by atoms with Crippen molar-refractivity contribution < 1.29 is 18.8 Å². The highest BCUT2D eigenvalue weighted by molar-refractivity contribution is 8.14. The molecular formula is C17H19FN2O3S. The van der Waals surface area contributed by atoms with Crippen LogP contribution in [-0.2, 0) is 9.59 Å². The van der Waals surface area contributed by atoms with E-state index in [0.29, 0.717) is 31.5 Å². The van der Waals surface area contributed by atoms with Crippen LogP contribution in [0.25, 0.3) is 0 Å². The summed E-state index contributed by atoms with van der Waals surface area (Å²) in [5.74, 6) is -0.306. The third-order valence-corrected chi connectivity index (χ3v) is 5.43. The van der Waals surface area contributed by atoms with Crippen LogP contribution in [0.4, 0.5) is 4.39 Å². The molecule has 0 aromatic heterocycles. The maximum absolute atomic E-state index is 13.0. The number of hydrogen-bond donors (Lipinski definition) is 1. The second kappa shape index (κ2) is 7.34. The number of benzene rings is 1. The summed E-state index contributed by atoms with van der Waals surface area (Å²) in [6, 6.07) is 5.02. The number of carbonyl (C=O) groups excluding carboxylic acids is 3. The minimum Gasteiger partial charge on any atom is -0.345 e. The van der Waals surface area contributed by atoms with Crippen molar-refractivity contribution in [1.29, 1.82) is 0 Å². The van der Waals surface area contributed by atoms with Crippen molar-refractivity contribution in [2.75, 3.05) is 18.8 Å². The molecule has 2 aliphatic rings. The van der Waals surface area contributed by atoms with Crippen LogP contribution in [0.2, 0.25) is 0 Å². The Kier molecular flexibility index (Phi) is 5.18. The first-order chi connectivity index (χ1) is 11.5. The van der Waals surface area contributed by atoms with Gasteiger partial charge in [0.2, 0.25) is 11.0 Å². The molecule has 1 N–H and O–H groups in total. The van der Waals surface area contributed by atoms with E-state index in [1.165, 1.54) is 36.0 Å². The van der Waals surface area contributed by atoms with E-state index in [-0.39, 0.29) is 28.7 Å². The third kappa shape index (κ3) is 3.77. The number of hydrogen-bond acceptors (Lipinski definition) is 4. The van der Waals surface area contributed by atoms with Crippen LogP contribution in [0.1, 0.15) is 29.6 Å². The molecule has 1 aromatic carbocycles. The molecule has 2 amide bonds. The smallest absolute Gasteiger partial charge is 0.253 e. The summed E-state index contributed by atoms with van der Waals surface area (Å²) in [4.78, 5) is 38.1. The number of nitrogens with zero attached hydrogens (tertiary/aromatic N) is 1. The van der Waals surface area contributed by atoms with E-state index >= 15 is 0 Å². The van der Waals surface area contributed by atoms with Crippen molar-refractivity contribution in [1.82, 2.24) is 10.2 Å². The molecule has 2 atom stereocenters. The summed E-state index contributed by atoms with van der Waals surface area (Å²) in [5.41, 5.74) is 0.417. The minimum atomic E-state index is -0.398. The Morgan fingerprint density at radius 1 is 1.21 bits per heavy atom. The number of rotatable bonds is 3. The van der Waals surface area contributed by atoms with Crippen LogP contribution in [0.5, 0.6) is 0 Å². The zero-order chi connectivity index (χ0) is 17.1. The van der Waals surface area contributed by atoms with Gasteiger partial charge in [0.1, 0.15) is 5.82 Å². The van der Waals surface area contributed by atoms with Gasteiger partial charge in [0.25, 0.3) is 5.91 Å². The molecule has 2 fully saturated rings. The highest BCUT2D eigenvalue weighted by Crippen LogP contribution is 2.22. The third-order valence-electron chi connectivity index (χ3n) is 4.42. The molecule has 24 heavy (non-hydrogen) atoms. The van der Waals surface area contributed by atoms with E-state index in [9.17, 15) is 18.8 Å². The minimum absolute atomic E-state index is 0.0124. The van der Waals surface area contributed by atoms with Crippen molar-refractivity contribution >= 4 is 28.7 Å². The van der Waals surface area contributed by atoms with Crippen molar-refractivity contribution in [2.45, 2.75) is 25.3 Å². The van der Waals surface area contributed by atoms with Gasteiger partial charge in [-0.1, -0.05) is 11.8 Å². The maximum Gasteiger partial charge on any atom is 0.253 e. The zero-order valence-electron chi connectivity index (χ0n) is 13.2. The van der Waals surface area contributed by atoms with E-state index < -0.39 is 6.04 Å². The zero-order valence-corrected chi connectivity index (χ0v) is 14.0. The molecule has 0 bridgehead atoms. The summed E-state index contributed by atoms with van der Waals surface area (Å²) >= 11 is 1.25. The predicted molar refractivity (Wildman–Crippen MR) is 89.0 cm³/mol. The fourth-order valence-electron chi connectivity index (χ4n) is 3.07. The number of nitrogens with one attached hydrogen (secondary N) is 1. The molecule has 0 radical (unpaired) electrons. The van der Waals surface area contributed by atoms with Crippen LogP contribution in [0, 0.1) is 11.7 Å². The average molecular weight is 350 g/mol. The monoisotopic (exact) mass is 350 g/mol. The largest absolute Gasteiger partial charge is 0.345 e. The lowest BCUT2D eigenvalue weighted by atomic mass is 9.96. The molecular weight excluding hydrogens is 331 g/mol. The Morgan fingerprint density at radius 3 is 2.62 bits per heavy atom. The lowest BCUT2D eigenvalue weighted by Crippen LogP contribution is -2.48. The van der Waals surface area contributed by atoms with E-state index in [0.717, 1.165) is 12.2 Å². The lowest BCUT2D eigenvalue weighted by molar-refractivity contribution is -0.129. The summed E-state index contributed by atoms with van der Waals surface area (Å²) in [5, 5.41) is 2.82. The molecule has 128 valence electrons. The number of halogens is 1. The van der Waals surface area contributed by atoms with E-state index in [2.05, 4.69) is 5.32 Å². The van der Waals surface area contributed by atoms with E-state index in [1.54, 1.807) is 4.90 Å². The highest BCUT2D eigenvalue weighted by atomic mass is 32.2. The number of likely N-dealkylation sites (tertiary alicyclic amines) is 1. The number of carbonyl (C=O) groups is 3. The SMILES string of the molecule is O=C(N[C@@H]1CCSC1=O)[C@H]1CCCN(C(=O)c2ccc(F)cc2)C1. The predicted octanol–water partition coefficient (Wildman–Crippen LogP) is 1.83. The van der Waals surface area contributed by atoms with Gasteiger partial charge in [0.15, 0.2) is 0 Å². The number of piperidine rings is 1. The van der Waals surface area contributed by atoms with Gasteiger partial charge < -0.3 is 10.2 Å². The second-order valence-corrected chi connectivity index (χ2v) is 7.21. The fraction of sp³-hybridized carbons (Fsp3) is 0.471. The Bertz CT molecular complexity index is 650. The highest BCUT2D eigenvalue weighted by Gasteiger charge is 2.33. The summed E-state index contributed by atoms with van der Waals surface area (Å²) in [6.07, 6.45) is 2.10. The quantitative estimate of drug-likeness (QED) is 0.903. The molecule has 2 saturated heterocycles. The molecule has 5 nitrogen and oxygen atoms in total. The van der Waals surface area contributed by atoms with Crippen LogP contribution >= 0.6 is 11.8 Å². The lowest BCUT2D eigenvalue weighted by Gasteiger charge is -2.32. The second-order valence-electron chi connectivity index (χ2n) is 6.11. The van der Waals surface area contributed by atoms with Crippen molar-refractivity contribution in [3.63, 3.8) is 0 Å². The van der Waals surface area contributed by atoms with Crippen molar-refractivity contribution in [3.8, 4) is 0 Å². The van der Waals surface area contributed by atoms with Gasteiger partial charge >= 0.3 is 0 Å². The Morgan fingerprint density at radius 2 is 1.96 bits per heavy atom. The van der Waals surface area contributed by atoms with Crippen LogP contribution in [0.3, 0.4) is 0 Å². The van der Waals surface area contributed by atoms with Gasteiger partial charge in [-0.05, 0) is 43.5 Å². The Hall–Kier alpha value is -1.89. The molecule has 0 aliphatic carbocycles. The van der Waals surface area contributed by atoms with E-state index in [4.69, 9.17) is 0 Å². The fourth-order valence-corrected chi connectivity index (χ4v) is 4.00. The Labute approximate surface area is 144 Å². The van der Waals surface area contributed by atoms with Gasteiger partial charge in [-0.25, -0.2) is 4.39 Å². The molecule has 7 heteroatoms. The standard InChI is InChI=1S/C17H19FN2O3S/c18-13-5-3-11(4-6-13)16(22)20-8-1-2-12(10-20)15(21)19-14-7-9-24-17(14)23/h3-6,12,14H,1-2,7-10H2,(H,19,21)/t12-,14+/m0/s1. The van der Waals surface area contributed by atoms with Gasteiger partial charge in [-0.2, -0.15) is 0 Å². The molecule has 2 aliphatic heterocycles. The van der Waals surface area contributed by atoms with Crippen molar-refractivity contribution in [2.24, 2.45) is 5.92 Å². The molecule has 0 saturated carbocycles. The van der Waals surface area contributed by atoms with Crippen LogP contribution in [-0.4, -0.2) is 46.7 Å². The molecule has 1 aromatic rings.